The van der Waals surface area contributed by atoms with E-state index >= 15 is 0 Å². The van der Waals surface area contributed by atoms with Crippen molar-refractivity contribution in [2.24, 2.45) is 0 Å². The number of benzene rings is 1. The zero-order chi connectivity index (χ0) is 17.8. The summed E-state index contributed by atoms with van der Waals surface area (Å²) in [5.74, 6) is 1.10. The summed E-state index contributed by atoms with van der Waals surface area (Å²) in [4.78, 5) is 9.67. The lowest BCUT2D eigenvalue weighted by Crippen LogP contribution is -2.38. The lowest BCUT2D eigenvalue weighted by Gasteiger charge is -2.30. The summed E-state index contributed by atoms with van der Waals surface area (Å²) in [5, 5.41) is 5.48. The van der Waals surface area contributed by atoms with Crippen LogP contribution in [0.4, 0.5) is 5.82 Å². The number of ether oxygens (including phenoxy) is 1. The zero-order valence-electron chi connectivity index (χ0n) is 15.2. The van der Waals surface area contributed by atoms with E-state index in [1.165, 1.54) is 10.9 Å². The molecular weight excluding hydrogens is 326 g/mol. The molecule has 0 bridgehead atoms. The highest BCUT2D eigenvalue weighted by Gasteiger charge is 2.18. The molecule has 136 valence electrons. The maximum absolute atomic E-state index is 5.52. The molecular formula is C20H25N5O. The van der Waals surface area contributed by atoms with Gasteiger partial charge in [0.2, 0.25) is 0 Å². The molecule has 0 amide bonds. The number of nitrogens with zero attached hydrogens (tertiary/aromatic N) is 5. The summed E-state index contributed by atoms with van der Waals surface area (Å²) >= 11 is 0. The van der Waals surface area contributed by atoms with Crippen LogP contribution in [0.15, 0.2) is 48.8 Å². The van der Waals surface area contributed by atoms with Gasteiger partial charge < -0.3 is 14.5 Å². The second-order valence-corrected chi connectivity index (χ2v) is 6.77. The van der Waals surface area contributed by atoms with Crippen molar-refractivity contribution in [1.82, 2.24) is 19.7 Å². The molecule has 4 rings (SSSR count). The number of pyridine rings is 1. The third kappa shape index (κ3) is 3.86. The van der Waals surface area contributed by atoms with Crippen LogP contribution in [-0.4, -0.2) is 59.6 Å². The first-order chi connectivity index (χ1) is 12.8. The van der Waals surface area contributed by atoms with Crippen molar-refractivity contribution in [3.63, 3.8) is 0 Å². The average molecular weight is 351 g/mol. The highest BCUT2D eigenvalue weighted by atomic mass is 16.5. The van der Waals surface area contributed by atoms with E-state index in [2.05, 4.69) is 46.2 Å². The minimum absolute atomic E-state index is 0.767. The molecule has 3 heterocycles. The molecule has 0 radical (unpaired) electrons. The third-order valence-electron chi connectivity index (χ3n) is 4.80. The standard InChI is InChI=1S/C20H25N5O/c1-23(9-10-25-8-4-7-21-25)16-18-15-17-5-2-3-6-19(17)22-20(18)24-11-13-26-14-12-24/h2-8,15H,9-14,16H2,1H3. The predicted octanol–water partition coefficient (Wildman–Crippen LogP) is 2.40. The zero-order valence-corrected chi connectivity index (χ0v) is 15.2. The van der Waals surface area contributed by atoms with Crippen molar-refractivity contribution in [1.29, 1.82) is 0 Å². The molecule has 2 aromatic heterocycles. The highest BCUT2D eigenvalue weighted by Crippen LogP contribution is 2.25. The Labute approximate surface area is 154 Å². The lowest BCUT2D eigenvalue weighted by molar-refractivity contribution is 0.122. The van der Waals surface area contributed by atoms with E-state index in [1.807, 2.05) is 29.2 Å². The van der Waals surface area contributed by atoms with Gasteiger partial charge in [0.25, 0.3) is 0 Å². The first-order valence-electron chi connectivity index (χ1n) is 9.17. The quantitative estimate of drug-likeness (QED) is 0.682. The number of fused-ring (bicyclic) bond motifs is 1. The van der Waals surface area contributed by atoms with Gasteiger partial charge in [0.05, 0.1) is 25.3 Å². The Morgan fingerprint density at radius 1 is 1.15 bits per heavy atom. The van der Waals surface area contributed by atoms with Crippen LogP contribution in [0.5, 0.6) is 0 Å². The molecule has 0 N–H and O–H groups in total. The van der Waals surface area contributed by atoms with Crippen LogP contribution in [0.1, 0.15) is 5.56 Å². The Bertz CT molecular complexity index is 843. The van der Waals surface area contributed by atoms with Crippen molar-refractivity contribution in [2.45, 2.75) is 13.1 Å². The van der Waals surface area contributed by atoms with Crippen LogP contribution >= 0.6 is 0 Å². The number of morpholine rings is 1. The highest BCUT2D eigenvalue weighted by molar-refractivity contribution is 5.81. The fourth-order valence-electron chi connectivity index (χ4n) is 3.39. The minimum atomic E-state index is 0.767. The molecule has 1 aliphatic rings. The molecule has 3 aromatic rings. The second-order valence-electron chi connectivity index (χ2n) is 6.77. The molecule has 0 spiro atoms. The number of anilines is 1. The van der Waals surface area contributed by atoms with E-state index in [4.69, 9.17) is 9.72 Å². The molecule has 1 aromatic carbocycles. The molecule has 1 fully saturated rings. The summed E-state index contributed by atoms with van der Waals surface area (Å²) in [7, 11) is 2.15. The van der Waals surface area contributed by atoms with E-state index in [-0.39, 0.29) is 0 Å². The minimum Gasteiger partial charge on any atom is -0.378 e. The van der Waals surface area contributed by atoms with Crippen LogP contribution in [0.3, 0.4) is 0 Å². The summed E-state index contributed by atoms with van der Waals surface area (Å²) in [6.07, 6.45) is 3.83. The van der Waals surface area contributed by atoms with Gasteiger partial charge in [-0.2, -0.15) is 5.10 Å². The first kappa shape index (κ1) is 17.0. The van der Waals surface area contributed by atoms with Crippen LogP contribution < -0.4 is 4.90 Å². The summed E-state index contributed by atoms with van der Waals surface area (Å²) < 4.78 is 7.49. The molecule has 6 heteroatoms. The lowest BCUT2D eigenvalue weighted by atomic mass is 10.1. The maximum Gasteiger partial charge on any atom is 0.133 e. The molecule has 1 aliphatic heterocycles. The van der Waals surface area contributed by atoms with Gasteiger partial charge in [-0.05, 0) is 25.2 Å². The Morgan fingerprint density at radius 2 is 2.00 bits per heavy atom. The fourth-order valence-corrected chi connectivity index (χ4v) is 3.39. The van der Waals surface area contributed by atoms with Gasteiger partial charge in [-0.3, -0.25) is 4.68 Å². The van der Waals surface area contributed by atoms with Gasteiger partial charge in [0, 0.05) is 49.5 Å². The van der Waals surface area contributed by atoms with Crippen molar-refractivity contribution >= 4 is 16.7 Å². The molecule has 6 nitrogen and oxygen atoms in total. The Morgan fingerprint density at radius 3 is 2.81 bits per heavy atom. The van der Waals surface area contributed by atoms with Crippen molar-refractivity contribution in [3.05, 3.63) is 54.4 Å². The van der Waals surface area contributed by atoms with E-state index in [9.17, 15) is 0 Å². The van der Waals surface area contributed by atoms with Crippen molar-refractivity contribution in [2.75, 3.05) is 44.8 Å². The number of hydrogen-bond acceptors (Lipinski definition) is 5. The van der Waals surface area contributed by atoms with E-state index in [0.29, 0.717) is 0 Å². The van der Waals surface area contributed by atoms with E-state index < -0.39 is 0 Å². The Kier molecular flexibility index (Phi) is 5.13. The van der Waals surface area contributed by atoms with E-state index in [1.54, 1.807) is 0 Å². The Hall–Kier alpha value is -2.44. The molecule has 0 unspecified atom stereocenters. The normalized spacial score (nSPS) is 15.1. The number of hydrogen-bond donors (Lipinski definition) is 0. The van der Waals surface area contributed by atoms with Crippen LogP contribution in [0.2, 0.25) is 0 Å². The van der Waals surface area contributed by atoms with Gasteiger partial charge in [0.15, 0.2) is 0 Å². The number of aromatic nitrogens is 3. The number of para-hydroxylation sites is 1. The molecule has 0 saturated carbocycles. The predicted molar refractivity (Wildman–Crippen MR) is 103 cm³/mol. The molecule has 0 atom stereocenters. The van der Waals surface area contributed by atoms with E-state index in [0.717, 1.165) is 57.3 Å². The monoisotopic (exact) mass is 351 g/mol. The fraction of sp³-hybridized carbons (Fsp3) is 0.400. The molecule has 0 aliphatic carbocycles. The van der Waals surface area contributed by atoms with Gasteiger partial charge >= 0.3 is 0 Å². The van der Waals surface area contributed by atoms with Gasteiger partial charge in [0.1, 0.15) is 5.82 Å². The average Bonchev–Trinajstić information content (AvgIpc) is 3.20. The summed E-state index contributed by atoms with van der Waals surface area (Å²) in [6.45, 7) is 6.02. The maximum atomic E-state index is 5.52. The summed E-state index contributed by atoms with van der Waals surface area (Å²) in [5.41, 5.74) is 2.32. The largest absolute Gasteiger partial charge is 0.378 e. The van der Waals surface area contributed by atoms with Gasteiger partial charge in [-0.25, -0.2) is 4.98 Å². The first-order valence-corrected chi connectivity index (χ1v) is 9.17. The summed E-state index contributed by atoms with van der Waals surface area (Å²) in [6, 6.07) is 12.6. The van der Waals surface area contributed by atoms with Crippen molar-refractivity contribution in [3.8, 4) is 0 Å². The van der Waals surface area contributed by atoms with Crippen molar-refractivity contribution < 1.29 is 4.74 Å². The van der Waals surface area contributed by atoms with Crippen LogP contribution in [0, 0.1) is 0 Å². The van der Waals surface area contributed by atoms with Crippen LogP contribution in [-0.2, 0) is 17.8 Å². The van der Waals surface area contributed by atoms with Gasteiger partial charge in [-0.1, -0.05) is 18.2 Å². The molecule has 1 saturated heterocycles. The number of rotatable bonds is 6. The SMILES string of the molecule is CN(CCn1cccn1)Cc1cc2ccccc2nc1N1CCOCC1. The number of likely N-dealkylation sites (N-methyl/N-ethyl adjacent to an activating group) is 1. The van der Waals surface area contributed by atoms with Crippen LogP contribution in [0.25, 0.3) is 10.9 Å². The molecule has 26 heavy (non-hydrogen) atoms. The topological polar surface area (TPSA) is 46.4 Å². The second kappa shape index (κ2) is 7.85. The van der Waals surface area contributed by atoms with Gasteiger partial charge in [-0.15, -0.1) is 0 Å². The Balaban J connectivity index is 1.56. The third-order valence-corrected chi connectivity index (χ3v) is 4.80. The smallest absolute Gasteiger partial charge is 0.133 e.